The van der Waals surface area contributed by atoms with Crippen LogP contribution in [0.3, 0.4) is 0 Å². The van der Waals surface area contributed by atoms with Crippen molar-refractivity contribution < 1.29 is 32.5 Å². The van der Waals surface area contributed by atoms with Gasteiger partial charge in [-0.25, -0.2) is 0 Å². The quantitative estimate of drug-likeness (QED) is 0.793. The molecule has 0 aromatic heterocycles. The highest BCUT2D eigenvalue weighted by atomic mass is 19.4. The number of ether oxygens (including phenoxy) is 2. The van der Waals surface area contributed by atoms with Crippen molar-refractivity contribution in [1.29, 1.82) is 0 Å². The Kier molecular flexibility index (Phi) is 4.48. The van der Waals surface area contributed by atoms with Crippen LogP contribution in [0, 0.1) is 6.92 Å². The minimum atomic E-state index is -4.36. The molecule has 7 heteroatoms. The van der Waals surface area contributed by atoms with Crippen molar-refractivity contribution in [2.75, 3.05) is 6.61 Å². The molecule has 1 heterocycles. The fourth-order valence-electron chi connectivity index (χ4n) is 4.15. The summed E-state index contributed by atoms with van der Waals surface area (Å²) in [7, 11) is 0. The topological polar surface area (TPSA) is 55.8 Å². The number of carboxylic acids is 1. The van der Waals surface area contributed by atoms with Crippen LogP contribution < -0.4 is 9.47 Å². The maximum atomic E-state index is 13.1. The third-order valence-corrected chi connectivity index (χ3v) is 5.51. The van der Waals surface area contributed by atoms with Crippen LogP contribution in [0.2, 0.25) is 0 Å². The summed E-state index contributed by atoms with van der Waals surface area (Å²) in [6.45, 7) is 1.83. The van der Waals surface area contributed by atoms with E-state index >= 15 is 0 Å². The molecule has 0 bridgehead atoms. The maximum Gasteiger partial charge on any atom is 0.416 e. The van der Waals surface area contributed by atoms with Gasteiger partial charge in [-0.1, -0.05) is 12.1 Å². The first kappa shape index (κ1) is 18.7. The van der Waals surface area contributed by atoms with Gasteiger partial charge in [0.25, 0.3) is 0 Å². The van der Waals surface area contributed by atoms with Crippen molar-refractivity contribution in [2.24, 2.45) is 0 Å². The lowest BCUT2D eigenvalue weighted by atomic mass is 9.97. The van der Waals surface area contributed by atoms with Crippen molar-refractivity contribution >= 4 is 5.97 Å². The predicted molar refractivity (Wildman–Crippen MR) is 94.8 cm³/mol. The van der Waals surface area contributed by atoms with E-state index in [0.29, 0.717) is 36.5 Å². The zero-order chi connectivity index (χ0) is 20.1. The van der Waals surface area contributed by atoms with Gasteiger partial charge in [0.05, 0.1) is 18.6 Å². The highest BCUT2D eigenvalue weighted by Crippen LogP contribution is 2.43. The fourth-order valence-corrected chi connectivity index (χ4v) is 4.15. The van der Waals surface area contributed by atoms with Crippen LogP contribution in [-0.4, -0.2) is 17.7 Å². The normalized spacial score (nSPS) is 20.4. The Morgan fingerprint density at radius 1 is 1.25 bits per heavy atom. The molecule has 0 saturated heterocycles. The monoisotopic (exact) mass is 392 g/mol. The third-order valence-electron chi connectivity index (χ3n) is 5.51. The summed E-state index contributed by atoms with van der Waals surface area (Å²) in [5, 5.41) is 8.98. The fraction of sp³-hybridized carbons (Fsp3) is 0.381. The number of carbonyl (C=O) groups is 1. The second-order valence-corrected chi connectivity index (χ2v) is 7.25. The Bertz CT molecular complexity index is 936. The average molecular weight is 392 g/mol. The number of halogens is 3. The first-order chi connectivity index (χ1) is 13.2. The lowest BCUT2D eigenvalue weighted by Crippen LogP contribution is -2.10. The largest absolute Gasteiger partial charge is 0.492 e. The number of fused-ring (bicyclic) bond motifs is 2. The molecule has 0 spiro atoms. The van der Waals surface area contributed by atoms with Gasteiger partial charge < -0.3 is 14.6 Å². The van der Waals surface area contributed by atoms with E-state index < -0.39 is 17.7 Å². The first-order valence-corrected chi connectivity index (χ1v) is 9.09. The molecule has 4 rings (SSSR count). The van der Waals surface area contributed by atoms with Gasteiger partial charge in [0, 0.05) is 17.5 Å². The summed E-state index contributed by atoms with van der Waals surface area (Å²) >= 11 is 0. The number of alkyl halides is 3. The van der Waals surface area contributed by atoms with Gasteiger partial charge in [-0.3, -0.25) is 4.79 Å². The summed E-state index contributed by atoms with van der Waals surface area (Å²) in [6.07, 6.45) is -3.52. The van der Waals surface area contributed by atoms with E-state index in [1.807, 2.05) is 0 Å². The lowest BCUT2D eigenvalue weighted by Gasteiger charge is -2.18. The van der Waals surface area contributed by atoms with E-state index in [4.69, 9.17) is 14.6 Å². The van der Waals surface area contributed by atoms with Crippen LogP contribution >= 0.6 is 0 Å². The first-order valence-electron chi connectivity index (χ1n) is 9.09. The highest BCUT2D eigenvalue weighted by Gasteiger charge is 2.36. The SMILES string of the molecule is Cc1c(C(F)(F)F)ccc2c1CCC2Oc1ccc2c(c1)OCC2CC(=O)O. The van der Waals surface area contributed by atoms with Crippen LogP contribution in [0.25, 0.3) is 0 Å². The van der Waals surface area contributed by atoms with Gasteiger partial charge in [-0.15, -0.1) is 0 Å². The molecule has 2 aromatic carbocycles. The third kappa shape index (κ3) is 3.30. The molecule has 0 saturated carbocycles. The molecule has 2 aromatic rings. The summed E-state index contributed by atoms with van der Waals surface area (Å²) in [6, 6.07) is 7.93. The van der Waals surface area contributed by atoms with Gasteiger partial charge in [0.2, 0.25) is 0 Å². The highest BCUT2D eigenvalue weighted by molar-refractivity contribution is 5.68. The molecule has 0 amide bonds. The number of carboxylic acid groups (broad SMARTS) is 1. The standard InChI is InChI=1S/C21H19F3O4/c1-11-14-5-7-18(16(14)4-6-17(11)21(22,23)24)28-13-2-3-15-12(8-20(25)26)10-27-19(15)9-13/h2-4,6,9,12,18H,5,7-8,10H2,1H3,(H,25,26). The van der Waals surface area contributed by atoms with Crippen LogP contribution in [0.4, 0.5) is 13.2 Å². The van der Waals surface area contributed by atoms with Crippen molar-refractivity contribution in [2.45, 2.75) is 44.4 Å². The molecule has 2 atom stereocenters. The van der Waals surface area contributed by atoms with Gasteiger partial charge in [0.15, 0.2) is 0 Å². The molecule has 1 aliphatic carbocycles. The Balaban J connectivity index is 1.55. The predicted octanol–water partition coefficient (Wildman–Crippen LogP) is 5.03. The molecule has 1 N–H and O–H groups in total. The summed E-state index contributed by atoms with van der Waals surface area (Å²) in [5.74, 6) is 0.103. The number of rotatable bonds is 4. The second kappa shape index (κ2) is 6.72. The van der Waals surface area contributed by atoms with Crippen molar-refractivity contribution in [3.63, 3.8) is 0 Å². The van der Waals surface area contributed by atoms with E-state index in [9.17, 15) is 18.0 Å². The van der Waals surface area contributed by atoms with E-state index in [1.54, 1.807) is 18.2 Å². The lowest BCUT2D eigenvalue weighted by molar-refractivity contribution is -0.138. The van der Waals surface area contributed by atoms with E-state index in [0.717, 1.165) is 17.2 Å². The molecule has 148 valence electrons. The van der Waals surface area contributed by atoms with Gasteiger partial charge in [-0.2, -0.15) is 13.2 Å². The van der Waals surface area contributed by atoms with Crippen LogP contribution in [0.1, 0.15) is 52.7 Å². The number of benzene rings is 2. The van der Waals surface area contributed by atoms with E-state index in [2.05, 4.69) is 0 Å². The number of hydrogen-bond donors (Lipinski definition) is 1. The molecule has 0 radical (unpaired) electrons. The van der Waals surface area contributed by atoms with Crippen molar-refractivity contribution in [3.8, 4) is 11.5 Å². The van der Waals surface area contributed by atoms with Crippen LogP contribution in [0.15, 0.2) is 30.3 Å². The summed E-state index contributed by atoms with van der Waals surface area (Å²) in [5.41, 5.74) is 2.01. The Morgan fingerprint density at radius 2 is 2.00 bits per heavy atom. The van der Waals surface area contributed by atoms with Crippen LogP contribution in [-0.2, 0) is 17.4 Å². The molecular weight excluding hydrogens is 373 g/mol. The molecule has 2 unspecified atom stereocenters. The van der Waals surface area contributed by atoms with E-state index in [-0.39, 0.29) is 24.0 Å². The Hall–Kier alpha value is -2.70. The maximum absolute atomic E-state index is 13.1. The zero-order valence-electron chi connectivity index (χ0n) is 15.2. The minimum Gasteiger partial charge on any atom is -0.492 e. The Morgan fingerprint density at radius 3 is 2.71 bits per heavy atom. The number of aliphatic carboxylic acids is 1. The molecule has 0 fully saturated rings. The summed E-state index contributed by atoms with van der Waals surface area (Å²) < 4.78 is 51.0. The molecule has 2 aliphatic rings. The summed E-state index contributed by atoms with van der Waals surface area (Å²) in [4.78, 5) is 10.9. The molecule has 4 nitrogen and oxygen atoms in total. The van der Waals surface area contributed by atoms with Gasteiger partial charge in [0.1, 0.15) is 17.6 Å². The van der Waals surface area contributed by atoms with Gasteiger partial charge in [-0.05, 0) is 48.6 Å². The molecule has 28 heavy (non-hydrogen) atoms. The van der Waals surface area contributed by atoms with Crippen LogP contribution in [0.5, 0.6) is 11.5 Å². The Labute approximate surface area is 159 Å². The van der Waals surface area contributed by atoms with Crippen molar-refractivity contribution in [1.82, 2.24) is 0 Å². The number of hydrogen-bond acceptors (Lipinski definition) is 3. The van der Waals surface area contributed by atoms with E-state index in [1.165, 1.54) is 13.0 Å². The second-order valence-electron chi connectivity index (χ2n) is 7.25. The zero-order valence-corrected chi connectivity index (χ0v) is 15.2. The molecular formula is C21H19F3O4. The average Bonchev–Trinajstić information content (AvgIpc) is 3.19. The molecule has 1 aliphatic heterocycles. The minimum absolute atomic E-state index is 0.00399. The van der Waals surface area contributed by atoms with Gasteiger partial charge >= 0.3 is 12.1 Å². The smallest absolute Gasteiger partial charge is 0.416 e. The van der Waals surface area contributed by atoms with Crippen molar-refractivity contribution in [3.05, 3.63) is 58.1 Å².